The molecule has 1 unspecified atom stereocenters. The number of carbonyl (C=O) groups is 1. The lowest BCUT2D eigenvalue weighted by atomic mass is 10.0. The first-order chi connectivity index (χ1) is 7.92. The van der Waals surface area contributed by atoms with Crippen LogP contribution < -0.4 is 5.32 Å². The predicted octanol–water partition coefficient (Wildman–Crippen LogP) is 3.75. The van der Waals surface area contributed by atoms with Gasteiger partial charge in [-0.05, 0) is 38.1 Å². The molecule has 1 aromatic rings. The lowest BCUT2D eigenvalue weighted by Crippen LogP contribution is -2.48. The van der Waals surface area contributed by atoms with Crippen LogP contribution in [-0.4, -0.2) is 16.3 Å². The molecule has 0 aliphatic carbocycles. The van der Waals surface area contributed by atoms with E-state index in [4.69, 9.17) is 0 Å². The Labute approximate surface area is 116 Å². The molecule has 1 heterocycles. The van der Waals surface area contributed by atoms with Crippen LogP contribution in [0.25, 0.3) is 0 Å². The number of hydrogen-bond donors (Lipinski definition) is 1. The molecule has 1 N–H and O–H groups in total. The Balaban J connectivity index is 2.26. The minimum atomic E-state index is -0.194. The molecule has 1 aromatic heterocycles. The molecule has 1 atom stereocenters. The van der Waals surface area contributed by atoms with Crippen molar-refractivity contribution in [3.8, 4) is 0 Å². The van der Waals surface area contributed by atoms with E-state index in [1.165, 1.54) is 4.88 Å². The van der Waals surface area contributed by atoms with Crippen molar-refractivity contribution < 1.29 is 4.79 Å². The summed E-state index contributed by atoms with van der Waals surface area (Å²) in [6.07, 6.45) is 2.51. The fraction of sp³-hybridized carbons (Fsp3) is 0.615. The zero-order valence-corrected chi connectivity index (χ0v) is 13.0. The SMILES string of the molecule is CC(Br)C(C)(C)NC(=O)CCCc1cccs1. The van der Waals surface area contributed by atoms with Crippen molar-refractivity contribution in [3.05, 3.63) is 22.4 Å². The molecule has 2 nitrogen and oxygen atoms in total. The van der Waals surface area contributed by atoms with Gasteiger partial charge in [-0.2, -0.15) is 0 Å². The van der Waals surface area contributed by atoms with Gasteiger partial charge >= 0.3 is 0 Å². The average Bonchev–Trinajstić information content (AvgIpc) is 2.69. The Kier molecular flexibility index (Phi) is 5.67. The molecular formula is C13H20BrNOS. The van der Waals surface area contributed by atoms with E-state index in [-0.39, 0.29) is 16.3 Å². The topological polar surface area (TPSA) is 29.1 Å². The smallest absolute Gasteiger partial charge is 0.220 e. The highest BCUT2D eigenvalue weighted by atomic mass is 79.9. The molecule has 0 bridgehead atoms. The third-order valence-electron chi connectivity index (χ3n) is 2.86. The van der Waals surface area contributed by atoms with Gasteiger partial charge in [0.05, 0.1) is 0 Å². The highest BCUT2D eigenvalue weighted by Crippen LogP contribution is 2.17. The van der Waals surface area contributed by atoms with Crippen LogP contribution in [-0.2, 0) is 11.2 Å². The van der Waals surface area contributed by atoms with E-state index in [0.717, 1.165) is 12.8 Å². The van der Waals surface area contributed by atoms with E-state index in [1.807, 2.05) is 20.8 Å². The summed E-state index contributed by atoms with van der Waals surface area (Å²) in [6.45, 7) is 6.11. The fourth-order valence-corrected chi connectivity index (χ4v) is 2.26. The van der Waals surface area contributed by atoms with Crippen LogP contribution in [0.5, 0.6) is 0 Å². The molecule has 17 heavy (non-hydrogen) atoms. The Hall–Kier alpha value is -0.350. The molecule has 0 aliphatic rings. The van der Waals surface area contributed by atoms with Crippen LogP contribution in [0.2, 0.25) is 0 Å². The van der Waals surface area contributed by atoms with Crippen LogP contribution in [0.1, 0.15) is 38.5 Å². The van der Waals surface area contributed by atoms with Crippen molar-refractivity contribution in [1.82, 2.24) is 5.32 Å². The molecule has 0 saturated carbocycles. The Bertz CT molecular complexity index is 346. The first kappa shape index (κ1) is 14.7. The number of halogens is 1. The Morgan fingerprint density at radius 1 is 1.59 bits per heavy atom. The maximum Gasteiger partial charge on any atom is 0.220 e. The molecule has 0 spiro atoms. The summed E-state index contributed by atoms with van der Waals surface area (Å²) < 4.78 is 0. The summed E-state index contributed by atoms with van der Waals surface area (Å²) in [5, 5.41) is 5.13. The van der Waals surface area contributed by atoms with E-state index in [1.54, 1.807) is 11.3 Å². The van der Waals surface area contributed by atoms with Crippen molar-refractivity contribution in [2.24, 2.45) is 0 Å². The van der Waals surface area contributed by atoms with Crippen LogP contribution in [0.4, 0.5) is 0 Å². The zero-order chi connectivity index (χ0) is 12.9. The van der Waals surface area contributed by atoms with Crippen molar-refractivity contribution >= 4 is 33.2 Å². The Morgan fingerprint density at radius 3 is 2.82 bits per heavy atom. The molecule has 0 saturated heterocycles. The third-order valence-corrected chi connectivity index (χ3v) is 4.94. The Morgan fingerprint density at radius 2 is 2.29 bits per heavy atom. The number of alkyl halides is 1. The summed E-state index contributed by atoms with van der Waals surface area (Å²) in [7, 11) is 0. The van der Waals surface area contributed by atoms with Crippen LogP contribution >= 0.6 is 27.3 Å². The number of nitrogens with one attached hydrogen (secondary N) is 1. The molecule has 0 aliphatic heterocycles. The van der Waals surface area contributed by atoms with Crippen molar-refractivity contribution in [2.75, 3.05) is 0 Å². The summed E-state index contributed by atoms with van der Waals surface area (Å²) in [4.78, 5) is 13.4. The molecule has 1 amide bonds. The van der Waals surface area contributed by atoms with E-state index in [0.29, 0.717) is 6.42 Å². The third kappa shape index (κ3) is 5.21. The minimum Gasteiger partial charge on any atom is -0.350 e. The maximum atomic E-state index is 11.8. The zero-order valence-electron chi connectivity index (χ0n) is 10.6. The number of amides is 1. The molecular weight excluding hydrogens is 298 g/mol. The minimum absolute atomic E-state index is 0.137. The first-order valence-corrected chi connectivity index (χ1v) is 7.69. The highest BCUT2D eigenvalue weighted by molar-refractivity contribution is 9.09. The number of thiophene rings is 1. The lowest BCUT2D eigenvalue weighted by molar-refractivity contribution is -0.122. The average molecular weight is 318 g/mol. The van der Waals surface area contributed by atoms with Gasteiger partial charge < -0.3 is 5.32 Å². The molecule has 96 valence electrons. The summed E-state index contributed by atoms with van der Waals surface area (Å²) in [6, 6.07) is 4.17. The van der Waals surface area contributed by atoms with Crippen molar-refractivity contribution in [2.45, 2.75) is 50.4 Å². The number of aryl methyl sites for hydroxylation is 1. The van der Waals surface area contributed by atoms with Gasteiger partial charge in [0.2, 0.25) is 5.91 Å². The van der Waals surface area contributed by atoms with Gasteiger partial charge in [-0.1, -0.05) is 28.9 Å². The first-order valence-electron chi connectivity index (χ1n) is 5.89. The second kappa shape index (κ2) is 6.55. The van der Waals surface area contributed by atoms with Crippen molar-refractivity contribution in [3.63, 3.8) is 0 Å². The van der Waals surface area contributed by atoms with E-state index >= 15 is 0 Å². The van der Waals surface area contributed by atoms with Gasteiger partial charge in [0.25, 0.3) is 0 Å². The summed E-state index contributed by atoms with van der Waals surface area (Å²) >= 11 is 5.26. The second-order valence-electron chi connectivity index (χ2n) is 4.82. The quantitative estimate of drug-likeness (QED) is 0.795. The number of rotatable bonds is 6. The van der Waals surface area contributed by atoms with Gasteiger partial charge in [-0.15, -0.1) is 11.3 Å². The summed E-state index contributed by atoms with van der Waals surface area (Å²) in [5.74, 6) is 0.137. The molecule has 1 rings (SSSR count). The molecule has 0 fully saturated rings. The van der Waals surface area contributed by atoms with Crippen molar-refractivity contribution in [1.29, 1.82) is 0 Å². The maximum absolute atomic E-state index is 11.8. The standard InChI is InChI=1S/C13H20BrNOS/c1-10(14)13(2,3)15-12(16)8-4-6-11-7-5-9-17-11/h5,7,9-10H,4,6,8H2,1-3H3,(H,15,16). The fourth-order valence-electron chi connectivity index (χ4n) is 1.40. The molecule has 4 heteroatoms. The number of hydrogen-bond acceptors (Lipinski definition) is 2. The number of carbonyl (C=O) groups excluding carboxylic acids is 1. The van der Waals surface area contributed by atoms with Gasteiger partial charge in [0.1, 0.15) is 0 Å². The van der Waals surface area contributed by atoms with Crippen LogP contribution in [0.15, 0.2) is 17.5 Å². The van der Waals surface area contributed by atoms with Gasteiger partial charge in [-0.25, -0.2) is 0 Å². The van der Waals surface area contributed by atoms with Crippen LogP contribution in [0.3, 0.4) is 0 Å². The largest absolute Gasteiger partial charge is 0.350 e. The molecule has 0 aromatic carbocycles. The van der Waals surface area contributed by atoms with E-state index in [9.17, 15) is 4.79 Å². The summed E-state index contributed by atoms with van der Waals surface area (Å²) in [5.41, 5.74) is -0.194. The predicted molar refractivity (Wildman–Crippen MR) is 77.9 cm³/mol. The van der Waals surface area contributed by atoms with Gasteiger partial charge in [0.15, 0.2) is 0 Å². The monoisotopic (exact) mass is 317 g/mol. The lowest BCUT2D eigenvalue weighted by Gasteiger charge is -2.29. The van der Waals surface area contributed by atoms with E-state index in [2.05, 4.69) is 38.8 Å². The van der Waals surface area contributed by atoms with Gasteiger partial charge in [-0.3, -0.25) is 4.79 Å². The van der Waals surface area contributed by atoms with E-state index < -0.39 is 0 Å². The highest BCUT2D eigenvalue weighted by Gasteiger charge is 2.25. The van der Waals surface area contributed by atoms with Crippen LogP contribution in [0, 0.1) is 0 Å². The normalized spacial score (nSPS) is 13.4. The second-order valence-corrected chi connectivity index (χ2v) is 7.22. The molecule has 0 radical (unpaired) electrons. The van der Waals surface area contributed by atoms with Gasteiger partial charge in [0, 0.05) is 21.7 Å².